The number of nitrogens with zero attached hydrogens (tertiary/aromatic N) is 6. The van der Waals surface area contributed by atoms with Crippen molar-refractivity contribution in [1.29, 1.82) is 0 Å². The standard InChI is InChI=1S/C35H37F3N6O/c1-42(2)24-10-13-43(14-11-24)31-9-8-22(17-26(31)36)18-33-40-21-28(38)34(41-33)23-19-27(37)35-32(20-23)44(15-16-45-35)30-7-3-6-29-25(30)5-4-12-39-29/h4-5,8-9,12,17,19-21,24,30H,3,6-7,10-11,13-16,18H2,1-2H3. The molecule has 2 aromatic heterocycles. The van der Waals surface area contributed by atoms with Crippen molar-refractivity contribution in [1.82, 2.24) is 19.9 Å². The maximum absolute atomic E-state index is 15.6. The molecule has 45 heavy (non-hydrogen) atoms. The first-order valence-electron chi connectivity index (χ1n) is 15.7. The number of hydrogen-bond donors (Lipinski definition) is 0. The lowest BCUT2D eigenvalue weighted by molar-refractivity contribution is 0.249. The molecule has 0 bridgehead atoms. The van der Waals surface area contributed by atoms with E-state index in [1.807, 2.05) is 12.1 Å². The summed E-state index contributed by atoms with van der Waals surface area (Å²) in [7, 11) is 4.16. The predicted molar refractivity (Wildman–Crippen MR) is 168 cm³/mol. The van der Waals surface area contributed by atoms with Crippen LogP contribution in [0.1, 0.15) is 54.4 Å². The van der Waals surface area contributed by atoms with Crippen LogP contribution >= 0.6 is 0 Å². The first-order valence-corrected chi connectivity index (χ1v) is 15.7. The van der Waals surface area contributed by atoms with Crippen molar-refractivity contribution in [2.45, 2.75) is 50.6 Å². The number of hydrogen-bond acceptors (Lipinski definition) is 7. The molecular weight excluding hydrogens is 577 g/mol. The van der Waals surface area contributed by atoms with Crippen LogP contribution in [0, 0.1) is 17.5 Å². The second kappa shape index (κ2) is 12.3. The average molecular weight is 615 g/mol. The van der Waals surface area contributed by atoms with Gasteiger partial charge >= 0.3 is 0 Å². The largest absolute Gasteiger partial charge is 0.486 e. The van der Waals surface area contributed by atoms with Gasteiger partial charge in [-0.25, -0.2) is 23.1 Å². The second-order valence-corrected chi connectivity index (χ2v) is 12.4. The monoisotopic (exact) mass is 614 g/mol. The van der Waals surface area contributed by atoms with Crippen molar-refractivity contribution < 1.29 is 17.9 Å². The fourth-order valence-electron chi connectivity index (χ4n) is 7.08. The molecule has 4 aromatic rings. The van der Waals surface area contributed by atoms with Crippen LogP contribution in [0.25, 0.3) is 11.3 Å². The molecule has 2 aliphatic heterocycles. The van der Waals surface area contributed by atoms with Crippen LogP contribution in [0.3, 0.4) is 0 Å². The fraction of sp³-hybridized carbons (Fsp3) is 0.400. The molecule has 0 N–H and O–H groups in total. The smallest absolute Gasteiger partial charge is 0.178 e. The van der Waals surface area contributed by atoms with E-state index in [0.717, 1.165) is 62.6 Å². The van der Waals surface area contributed by atoms with Crippen LogP contribution < -0.4 is 14.5 Å². The molecule has 2 aromatic carbocycles. The number of aryl methyl sites for hydroxylation is 1. The fourth-order valence-corrected chi connectivity index (χ4v) is 7.08. The Morgan fingerprint density at radius 2 is 1.76 bits per heavy atom. The van der Waals surface area contributed by atoms with Crippen LogP contribution in [0.2, 0.25) is 0 Å². The van der Waals surface area contributed by atoms with Gasteiger partial charge in [0.1, 0.15) is 23.9 Å². The van der Waals surface area contributed by atoms with Crippen molar-refractivity contribution in [3.63, 3.8) is 0 Å². The Morgan fingerprint density at radius 1 is 0.911 bits per heavy atom. The molecule has 7 nitrogen and oxygen atoms in total. The maximum Gasteiger partial charge on any atom is 0.178 e. The second-order valence-electron chi connectivity index (χ2n) is 12.4. The van der Waals surface area contributed by atoms with Gasteiger partial charge < -0.3 is 19.4 Å². The minimum atomic E-state index is -0.656. The third-order valence-electron chi connectivity index (χ3n) is 9.44. The van der Waals surface area contributed by atoms with Crippen molar-refractivity contribution in [2.24, 2.45) is 0 Å². The molecule has 1 saturated heterocycles. The molecule has 234 valence electrons. The van der Waals surface area contributed by atoms with Gasteiger partial charge in [0.2, 0.25) is 0 Å². The van der Waals surface area contributed by atoms with Crippen LogP contribution in [0.15, 0.2) is 54.9 Å². The lowest BCUT2D eigenvalue weighted by atomic mass is 9.89. The first-order chi connectivity index (χ1) is 21.9. The molecular formula is C35H37F3N6O. The number of piperidine rings is 1. The molecule has 1 aliphatic carbocycles. The molecule has 1 fully saturated rings. The van der Waals surface area contributed by atoms with Gasteiger partial charge in [0.05, 0.1) is 30.2 Å². The number of fused-ring (bicyclic) bond motifs is 2. The summed E-state index contributed by atoms with van der Waals surface area (Å²) < 4.78 is 51.8. The summed E-state index contributed by atoms with van der Waals surface area (Å²) in [5, 5.41) is 0. The van der Waals surface area contributed by atoms with E-state index >= 15 is 13.2 Å². The van der Waals surface area contributed by atoms with Gasteiger partial charge in [-0.2, -0.15) is 0 Å². The Morgan fingerprint density at radius 3 is 2.56 bits per heavy atom. The Bertz CT molecular complexity index is 1710. The Balaban J connectivity index is 1.15. The lowest BCUT2D eigenvalue weighted by Crippen LogP contribution is -2.42. The number of aromatic nitrogens is 3. The summed E-state index contributed by atoms with van der Waals surface area (Å²) in [6.45, 7) is 2.52. The van der Waals surface area contributed by atoms with Crippen molar-refractivity contribution >= 4 is 11.4 Å². The maximum atomic E-state index is 15.6. The van der Waals surface area contributed by atoms with E-state index in [2.05, 4.69) is 49.8 Å². The van der Waals surface area contributed by atoms with Gasteiger partial charge in [-0.1, -0.05) is 12.1 Å². The summed E-state index contributed by atoms with van der Waals surface area (Å²) in [6.07, 6.45) is 7.88. The highest BCUT2D eigenvalue weighted by molar-refractivity contribution is 5.73. The molecule has 1 unspecified atom stereocenters. The molecule has 0 amide bonds. The van der Waals surface area contributed by atoms with E-state index in [9.17, 15) is 0 Å². The number of pyridine rings is 1. The topological polar surface area (TPSA) is 57.6 Å². The molecule has 3 aliphatic rings. The van der Waals surface area contributed by atoms with Gasteiger partial charge in [0.25, 0.3) is 0 Å². The van der Waals surface area contributed by atoms with Gasteiger partial charge in [-0.15, -0.1) is 0 Å². The van der Waals surface area contributed by atoms with E-state index in [0.29, 0.717) is 47.5 Å². The molecule has 0 radical (unpaired) electrons. The number of halogens is 3. The zero-order valence-corrected chi connectivity index (χ0v) is 25.6. The zero-order chi connectivity index (χ0) is 31.1. The van der Waals surface area contributed by atoms with Gasteiger partial charge in [0.15, 0.2) is 17.4 Å². The van der Waals surface area contributed by atoms with E-state index in [1.165, 1.54) is 12.1 Å². The SMILES string of the molecule is CN(C)C1CCN(c2ccc(Cc3ncc(F)c(-c4cc(F)c5c(c4)N(C4CCCc6ncccc64)CCO5)n3)cc2F)CC1. The Hall–Kier alpha value is -4.18. The van der Waals surface area contributed by atoms with Gasteiger partial charge in [0, 0.05) is 43.0 Å². The molecule has 0 saturated carbocycles. The number of rotatable bonds is 6. The quantitative estimate of drug-likeness (QED) is 0.251. The van der Waals surface area contributed by atoms with E-state index in [-0.39, 0.29) is 29.7 Å². The summed E-state index contributed by atoms with van der Waals surface area (Å²) in [4.78, 5) is 19.7. The predicted octanol–water partition coefficient (Wildman–Crippen LogP) is 6.35. The highest BCUT2D eigenvalue weighted by atomic mass is 19.1. The van der Waals surface area contributed by atoms with Crippen molar-refractivity contribution in [2.75, 3.05) is 50.1 Å². The number of anilines is 2. The van der Waals surface area contributed by atoms with Crippen LogP contribution in [0.4, 0.5) is 24.5 Å². The Kier molecular flexibility index (Phi) is 8.08. The normalized spacial score (nSPS) is 18.5. The zero-order valence-electron chi connectivity index (χ0n) is 25.6. The van der Waals surface area contributed by atoms with Crippen molar-refractivity contribution in [3.8, 4) is 17.0 Å². The summed E-state index contributed by atoms with van der Waals surface area (Å²) in [6, 6.07) is 12.7. The highest BCUT2D eigenvalue weighted by Crippen LogP contribution is 2.44. The van der Waals surface area contributed by atoms with E-state index in [4.69, 9.17) is 4.74 Å². The first kappa shape index (κ1) is 29.5. The highest BCUT2D eigenvalue weighted by Gasteiger charge is 2.32. The minimum Gasteiger partial charge on any atom is -0.486 e. The van der Waals surface area contributed by atoms with Gasteiger partial charge in [-0.05, 0) is 87.7 Å². The van der Waals surface area contributed by atoms with Crippen LogP contribution in [0.5, 0.6) is 5.75 Å². The Labute approximate surface area is 261 Å². The van der Waals surface area contributed by atoms with E-state index in [1.54, 1.807) is 18.3 Å². The molecule has 4 heterocycles. The summed E-state index contributed by atoms with van der Waals surface area (Å²) in [5.41, 5.74) is 4.33. The van der Waals surface area contributed by atoms with Crippen molar-refractivity contribution in [3.05, 3.63) is 95.0 Å². The average Bonchev–Trinajstić information content (AvgIpc) is 3.05. The van der Waals surface area contributed by atoms with Crippen LogP contribution in [-0.4, -0.2) is 66.2 Å². The molecule has 1 atom stereocenters. The van der Waals surface area contributed by atoms with Gasteiger partial charge in [-0.3, -0.25) is 4.98 Å². The van der Waals surface area contributed by atoms with E-state index < -0.39 is 11.6 Å². The number of benzene rings is 2. The molecule has 0 spiro atoms. The summed E-state index contributed by atoms with van der Waals surface area (Å²) >= 11 is 0. The molecule has 10 heteroatoms. The summed E-state index contributed by atoms with van der Waals surface area (Å²) in [5.74, 6) is -1.03. The third kappa shape index (κ3) is 5.83. The number of ether oxygens (including phenoxy) is 1. The van der Waals surface area contributed by atoms with Crippen LogP contribution in [-0.2, 0) is 12.8 Å². The lowest BCUT2D eigenvalue weighted by Gasteiger charge is -2.40. The third-order valence-corrected chi connectivity index (χ3v) is 9.44. The molecule has 7 rings (SSSR count). The minimum absolute atomic E-state index is 0.00112.